The van der Waals surface area contributed by atoms with Gasteiger partial charge in [0.2, 0.25) is 0 Å². The van der Waals surface area contributed by atoms with E-state index >= 15 is 0 Å². The van der Waals surface area contributed by atoms with Gasteiger partial charge in [-0.25, -0.2) is 4.98 Å². The predicted molar refractivity (Wildman–Crippen MR) is 62.9 cm³/mol. The fourth-order valence-electron chi connectivity index (χ4n) is 1.41. The van der Waals surface area contributed by atoms with Gasteiger partial charge in [0, 0.05) is 12.3 Å². The average molecular weight is 208 g/mol. The summed E-state index contributed by atoms with van der Waals surface area (Å²) in [6, 6.07) is 3.59. The molecule has 0 fully saturated rings. The van der Waals surface area contributed by atoms with E-state index in [1.165, 1.54) is 25.7 Å². The Hall–Kier alpha value is -1.25. The second-order valence-electron chi connectivity index (χ2n) is 3.68. The summed E-state index contributed by atoms with van der Waals surface area (Å²) in [4.78, 5) is 3.91. The molecule has 0 aliphatic rings. The molecule has 0 saturated heterocycles. The first-order chi connectivity index (χ1) is 7.33. The first kappa shape index (κ1) is 11.8. The fraction of sp³-hybridized carbons (Fsp3) is 0.583. The van der Waals surface area contributed by atoms with Gasteiger partial charge in [0.05, 0.1) is 6.61 Å². The molecule has 84 valence electrons. The lowest BCUT2D eigenvalue weighted by Gasteiger charge is -2.05. The summed E-state index contributed by atoms with van der Waals surface area (Å²) in [5.41, 5.74) is 5.54. The monoisotopic (exact) mass is 208 g/mol. The van der Waals surface area contributed by atoms with Gasteiger partial charge in [-0.05, 0) is 12.5 Å². The van der Waals surface area contributed by atoms with Gasteiger partial charge in [-0.15, -0.1) is 0 Å². The van der Waals surface area contributed by atoms with Crippen LogP contribution < -0.4 is 10.5 Å². The molecule has 1 heterocycles. The molecule has 0 spiro atoms. The maximum Gasteiger partial charge on any atom is 0.126 e. The van der Waals surface area contributed by atoms with Crippen molar-refractivity contribution < 1.29 is 4.74 Å². The van der Waals surface area contributed by atoms with Crippen LogP contribution in [0.5, 0.6) is 5.75 Å². The van der Waals surface area contributed by atoms with E-state index in [4.69, 9.17) is 10.5 Å². The Kier molecular flexibility index (Phi) is 5.59. The molecule has 15 heavy (non-hydrogen) atoms. The maximum atomic E-state index is 5.55. The summed E-state index contributed by atoms with van der Waals surface area (Å²) >= 11 is 0. The van der Waals surface area contributed by atoms with Crippen molar-refractivity contribution in [2.45, 2.75) is 39.0 Å². The molecule has 1 rings (SSSR count). The molecule has 0 amide bonds. The van der Waals surface area contributed by atoms with Crippen LogP contribution in [0, 0.1) is 0 Å². The Morgan fingerprint density at radius 3 is 2.80 bits per heavy atom. The molecular formula is C12H20N2O. The molecule has 0 saturated carbocycles. The molecule has 3 heteroatoms. The minimum absolute atomic E-state index is 0.512. The summed E-state index contributed by atoms with van der Waals surface area (Å²) in [5, 5.41) is 0. The van der Waals surface area contributed by atoms with Gasteiger partial charge in [0.15, 0.2) is 0 Å². The predicted octanol–water partition coefficient (Wildman–Crippen LogP) is 3.01. The first-order valence-corrected chi connectivity index (χ1v) is 5.67. The average Bonchev–Trinajstić information content (AvgIpc) is 2.23. The van der Waals surface area contributed by atoms with Crippen molar-refractivity contribution in [3.8, 4) is 5.75 Å². The van der Waals surface area contributed by atoms with Crippen LogP contribution in [-0.2, 0) is 0 Å². The SMILES string of the molecule is CCCCCCCOc1ccnc(N)c1. The molecule has 0 aliphatic heterocycles. The molecular weight excluding hydrogens is 188 g/mol. The van der Waals surface area contributed by atoms with Crippen molar-refractivity contribution in [2.24, 2.45) is 0 Å². The normalized spacial score (nSPS) is 10.2. The number of unbranched alkanes of at least 4 members (excludes halogenated alkanes) is 4. The summed E-state index contributed by atoms with van der Waals surface area (Å²) in [6.45, 7) is 2.99. The molecule has 3 nitrogen and oxygen atoms in total. The zero-order valence-electron chi connectivity index (χ0n) is 9.41. The van der Waals surface area contributed by atoms with Crippen LogP contribution in [0.2, 0.25) is 0 Å². The number of nitrogens with zero attached hydrogens (tertiary/aromatic N) is 1. The molecule has 2 N–H and O–H groups in total. The Morgan fingerprint density at radius 1 is 1.27 bits per heavy atom. The minimum atomic E-state index is 0.512. The molecule has 0 atom stereocenters. The van der Waals surface area contributed by atoms with Gasteiger partial charge in [-0.3, -0.25) is 0 Å². The van der Waals surface area contributed by atoms with E-state index in [0.29, 0.717) is 5.82 Å². The van der Waals surface area contributed by atoms with Gasteiger partial charge < -0.3 is 10.5 Å². The number of hydrogen-bond donors (Lipinski definition) is 1. The largest absolute Gasteiger partial charge is 0.493 e. The van der Waals surface area contributed by atoms with E-state index in [2.05, 4.69) is 11.9 Å². The quantitative estimate of drug-likeness (QED) is 0.701. The highest BCUT2D eigenvalue weighted by atomic mass is 16.5. The van der Waals surface area contributed by atoms with Gasteiger partial charge in [-0.1, -0.05) is 32.6 Å². The Labute approximate surface area is 91.7 Å². The molecule has 1 aromatic heterocycles. The van der Waals surface area contributed by atoms with Crippen LogP contribution in [-0.4, -0.2) is 11.6 Å². The van der Waals surface area contributed by atoms with Crippen molar-refractivity contribution in [3.05, 3.63) is 18.3 Å². The molecule has 0 bridgehead atoms. The minimum Gasteiger partial charge on any atom is -0.493 e. The lowest BCUT2D eigenvalue weighted by molar-refractivity contribution is 0.304. The third-order valence-electron chi connectivity index (χ3n) is 2.27. The van der Waals surface area contributed by atoms with E-state index < -0.39 is 0 Å². The molecule has 1 aromatic rings. The van der Waals surface area contributed by atoms with Crippen LogP contribution in [0.4, 0.5) is 5.82 Å². The van der Waals surface area contributed by atoms with Crippen molar-refractivity contribution >= 4 is 5.82 Å². The summed E-state index contributed by atoms with van der Waals surface area (Å²) in [7, 11) is 0. The van der Waals surface area contributed by atoms with Crippen LogP contribution in [0.15, 0.2) is 18.3 Å². The Morgan fingerprint density at radius 2 is 2.07 bits per heavy atom. The van der Waals surface area contributed by atoms with Gasteiger partial charge >= 0.3 is 0 Å². The van der Waals surface area contributed by atoms with Gasteiger partial charge in [0.25, 0.3) is 0 Å². The zero-order chi connectivity index (χ0) is 10.9. The van der Waals surface area contributed by atoms with Crippen molar-refractivity contribution in [2.75, 3.05) is 12.3 Å². The van der Waals surface area contributed by atoms with Crippen LogP contribution in [0.1, 0.15) is 39.0 Å². The smallest absolute Gasteiger partial charge is 0.126 e. The number of pyridine rings is 1. The summed E-state index contributed by atoms with van der Waals surface area (Å²) in [5.74, 6) is 1.33. The highest BCUT2D eigenvalue weighted by Gasteiger charge is 1.94. The summed E-state index contributed by atoms with van der Waals surface area (Å²) in [6.07, 6.45) is 7.93. The van der Waals surface area contributed by atoms with Crippen molar-refractivity contribution in [1.29, 1.82) is 0 Å². The van der Waals surface area contributed by atoms with Crippen LogP contribution in [0.3, 0.4) is 0 Å². The van der Waals surface area contributed by atoms with E-state index in [-0.39, 0.29) is 0 Å². The highest BCUT2D eigenvalue weighted by molar-refractivity contribution is 5.35. The number of aromatic nitrogens is 1. The Bertz CT molecular complexity index is 276. The van der Waals surface area contributed by atoms with Crippen molar-refractivity contribution in [1.82, 2.24) is 4.98 Å². The number of ether oxygens (including phenoxy) is 1. The van der Waals surface area contributed by atoms with E-state index in [0.717, 1.165) is 18.8 Å². The van der Waals surface area contributed by atoms with Crippen LogP contribution in [0.25, 0.3) is 0 Å². The van der Waals surface area contributed by atoms with Crippen LogP contribution >= 0.6 is 0 Å². The third-order valence-corrected chi connectivity index (χ3v) is 2.27. The standard InChI is InChI=1S/C12H20N2O/c1-2-3-4-5-6-9-15-11-7-8-14-12(13)10-11/h7-8,10H,2-6,9H2,1H3,(H2,13,14). The number of rotatable bonds is 7. The van der Waals surface area contributed by atoms with E-state index in [9.17, 15) is 0 Å². The third kappa shape index (κ3) is 5.25. The number of anilines is 1. The van der Waals surface area contributed by atoms with E-state index in [1.807, 2.05) is 6.07 Å². The molecule has 0 radical (unpaired) electrons. The summed E-state index contributed by atoms with van der Waals surface area (Å²) < 4.78 is 5.55. The Balaban J connectivity index is 2.10. The second-order valence-corrected chi connectivity index (χ2v) is 3.68. The highest BCUT2D eigenvalue weighted by Crippen LogP contribution is 2.12. The zero-order valence-corrected chi connectivity index (χ0v) is 9.41. The molecule has 0 unspecified atom stereocenters. The van der Waals surface area contributed by atoms with Gasteiger partial charge in [0.1, 0.15) is 11.6 Å². The number of nitrogens with two attached hydrogens (primary N) is 1. The second kappa shape index (κ2) is 7.10. The fourth-order valence-corrected chi connectivity index (χ4v) is 1.41. The first-order valence-electron chi connectivity index (χ1n) is 5.67. The topological polar surface area (TPSA) is 48.1 Å². The number of nitrogen functional groups attached to an aromatic ring is 1. The molecule has 0 aromatic carbocycles. The van der Waals surface area contributed by atoms with Gasteiger partial charge in [-0.2, -0.15) is 0 Å². The lowest BCUT2D eigenvalue weighted by Crippen LogP contribution is -1.98. The number of hydrogen-bond acceptors (Lipinski definition) is 3. The van der Waals surface area contributed by atoms with E-state index in [1.54, 1.807) is 12.3 Å². The lowest BCUT2D eigenvalue weighted by atomic mass is 10.2. The molecule has 0 aliphatic carbocycles. The maximum absolute atomic E-state index is 5.55. The van der Waals surface area contributed by atoms with Crippen molar-refractivity contribution in [3.63, 3.8) is 0 Å².